The molecule has 23 heavy (non-hydrogen) atoms. The van der Waals surface area contributed by atoms with Crippen molar-refractivity contribution in [3.63, 3.8) is 0 Å². The number of nitrogens with zero attached hydrogens (tertiary/aromatic N) is 1. The molecule has 1 saturated heterocycles. The standard InChI is InChI=1S/C16H18F3NO3/c1-9-12(20(14(9)22)23-15(2,3)4)13(21)10-5-7-11(8-6-10)16(17,18)19/h5-9,12H,1-4H3/t9-,12+/m0/s1. The van der Waals surface area contributed by atoms with Gasteiger partial charge in [0.2, 0.25) is 0 Å². The van der Waals surface area contributed by atoms with E-state index in [2.05, 4.69) is 0 Å². The van der Waals surface area contributed by atoms with Gasteiger partial charge in [0.05, 0.1) is 17.1 Å². The summed E-state index contributed by atoms with van der Waals surface area (Å²) in [5, 5.41) is 1.02. The van der Waals surface area contributed by atoms with Crippen molar-refractivity contribution in [2.24, 2.45) is 5.92 Å². The molecule has 0 spiro atoms. The first-order valence-corrected chi connectivity index (χ1v) is 7.15. The van der Waals surface area contributed by atoms with Crippen LogP contribution in [0.3, 0.4) is 0 Å². The third kappa shape index (κ3) is 3.55. The SMILES string of the molecule is C[C@@H]1C(=O)N(OC(C)(C)C)[C@H]1C(=O)c1ccc(C(F)(F)F)cc1. The Balaban J connectivity index is 2.20. The molecule has 1 aliphatic rings. The number of benzene rings is 1. The van der Waals surface area contributed by atoms with Gasteiger partial charge in [0.1, 0.15) is 6.04 Å². The molecule has 2 atom stereocenters. The van der Waals surface area contributed by atoms with Crippen LogP contribution in [0, 0.1) is 5.92 Å². The molecule has 4 nitrogen and oxygen atoms in total. The van der Waals surface area contributed by atoms with Crippen LogP contribution < -0.4 is 0 Å². The number of ketones is 1. The van der Waals surface area contributed by atoms with Gasteiger partial charge in [-0.15, -0.1) is 0 Å². The molecular weight excluding hydrogens is 311 g/mol. The number of carbonyl (C=O) groups is 2. The lowest BCUT2D eigenvalue weighted by atomic mass is 9.85. The zero-order valence-corrected chi connectivity index (χ0v) is 13.3. The molecule has 0 aliphatic carbocycles. The van der Waals surface area contributed by atoms with Crippen LogP contribution in [-0.4, -0.2) is 28.4 Å². The van der Waals surface area contributed by atoms with E-state index in [1.807, 2.05) is 0 Å². The van der Waals surface area contributed by atoms with Gasteiger partial charge >= 0.3 is 6.18 Å². The summed E-state index contributed by atoms with van der Waals surface area (Å²) in [5.41, 5.74) is -1.37. The van der Waals surface area contributed by atoms with Crippen molar-refractivity contribution in [2.75, 3.05) is 0 Å². The molecule has 1 aromatic rings. The van der Waals surface area contributed by atoms with Crippen LogP contribution in [0.15, 0.2) is 24.3 Å². The van der Waals surface area contributed by atoms with E-state index in [-0.39, 0.29) is 11.5 Å². The molecular formula is C16H18F3NO3. The largest absolute Gasteiger partial charge is 0.416 e. The Morgan fingerprint density at radius 2 is 1.65 bits per heavy atom. The van der Waals surface area contributed by atoms with Crippen LogP contribution >= 0.6 is 0 Å². The van der Waals surface area contributed by atoms with Crippen molar-refractivity contribution >= 4 is 11.7 Å². The number of Topliss-reactive ketones (excluding diaryl/α,β-unsaturated/α-hetero) is 1. The van der Waals surface area contributed by atoms with Crippen LogP contribution in [0.2, 0.25) is 0 Å². The third-order valence-electron chi connectivity index (χ3n) is 3.47. The lowest BCUT2D eigenvalue weighted by Gasteiger charge is -2.45. The Hall–Kier alpha value is -1.89. The zero-order chi connectivity index (χ0) is 17.6. The normalized spacial score (nSPS) is 22.0. The highest BCUT2D eigenvalue weighted by atomic mass is 19.4. The fraction of sp³-hybridized carbons (Fsp3) is 0.500. The van der Waals surface area contributed by atoms with Gasteiger partial charge in [-0.25, -0.2) is 5.06 Å². The van der Waals surface area contributed by atoms with E-state index in [1.165, 1.54) is 0 Å². The molecule has 1 aromatic carbocycles. The van der Waals surface area contributed by atoms with Crippen LogP contribution in [0.4, 0.5) is 13.2 Å². The van der Waals surface area contributed by atoms with Crippen LogP contribution in [-0.2, 0) is 15.8 Å². The second-order valence-corrected chi connectivity index (χ2v) is 6.54. The molecule has 0 aromatic heterocycles. The predicted octanol–water partition coefficient (Wildman–Crippen LogP) is 3.47. The monoisotopic (exact) mass is 329 g/mol. The van der Waals surface area contributed by atoms with E-state index >= 15 is 0 Å². The van der Waals surface area contributed by atoms with Gasteiger partial charge in [0.15, 0.2) is 5.78 Å². The second-order valence-electron chi connectivity index (χ2n) is 6.54. The Morgan fingerprint density at radius 1 is 1.13 bits per heavy atom. The van der Waals surface area contributed by atoms with Crippen molar-refractivity contribution < 1.29 is 27.6 Å². The first-order chi connectivity index (χ1) is 10.4. The summed E-state index contributed by atoms with van der Waals surface area (Å²) < 4.78 is 37.7. The smallest absolute Gasteiger partial charge is 0.292 e. The average Bonchev–Trinajstić information content (AvgIpc) is 2.44. The fourth-order valence-electron chi connectivity index (χ4n) is 2.32. The molecule has 0 unspecified atom stereocenters. The van der Waals surface area contributed by atoms with Crippen LogP contribution in [0.1, 0.15) is 43.6 Å². The highest BCUT2D eigenvalue weighted by molar-refractivity contribution is 6.07. The van der Waals surface area contributed by atoms with E-state index in [0.717, 1.165) is 29.3 Å². The number of rotatable bonds is 3. The molecule has 1 fully saturated rings. The Bertz CT molecular complexity index is 617. The molecule has 1 heterocycles. The summed E-state index contributed by atoms with van der Waals surface area (Å²) >= 11 is 0. The summed E-state index contributed by atoms with van der Waals surface area (Å²) in [7, 11) is 0. The zero-order valence-electron chi connectivity index (χ0n) is 13.3. The summed E-state index contributed by atoms with van der Waals surface area (Å²) in [6.45, 7) is 6.81. The number of β-lactam (4-membered cyclic amide) rings is 1. The first-order valence-electron chi connectivity index (χ1n) is 7.15. The van der Waals surface area contributed by atoms with Crippen molar-refractivity contribution in [2.45, 2.75) is 45.5 Å². The number of halogens is 3. The second kappa shape index (κ2) is 5.63. The molecule has 1 aliphatic heterocycles. The van der Waals surface area contributed by atoms with Gasteiger partial charge in [-0.3, -0.25) is 14.4 Å². The molecule has 0 saturated carbocycles. The quantitative estimate of drug-likeness (QED) is 0.630. The maximum atomic E-state index is 12.6. The molecule has 126 valence electrons. The van der Waals surface area contributed by atoms with Crippen molar-refractivity contribution in [3.05, 3.63) is 35.4 Å². The molecule has 0 radical (unpaired) electrons. The number of amides is 1. The maximum Gasteiger partial charge on any atom is 0.416 e. The Labute approximate surface area is 132 Å². The first kappa shape index (κ1) is 17.5. The average molecular weight is 329 g/mol. The van der Waals surface area contributed by atoms with Gasteiger partial charge in [0.25, 0.3) is 5.91 Å². The number of carbonyl (C=O) groups excluding carboxylic acids is 2. The summed E-state index contributed by atoms with van der Waals surface area (Å²) in [4.78, 5) is 29.8. The topological polar surface area (TPSA) is 46.6 Å². The number of hydrogen-bond donors (Lipinski definition) is 0. The summed E-state index contributed by atoms with van der Waals surface area (Å²) in [6.07, 6.45) is -4.46. The van der Waals surface area contributed by atoms with Gasteiger partial charge in [-0.05, 0) is 32.9 Å². The molecule has 7 heteroatoms. The minimum Gasteiger partial charge on any atom is -0.292 e. The predicted molar refractivity (Wildman–Crippen MR) is 76.4 cm³/mol. The summed E-state index contributed by atoms with van der Waals surface area (Å²) in [5.74, 6) is -1.31. The van der Waals surface area contributed by atoms with Gasteiger partial charge in [-0.2, -0.15) is 13.2 Å². The highest BCUT2D eigenvalue weighted by Crippen LogP contribution is 2.33. The molecule has 2 rings (SSSR count). The van der Waals surface area contributed by atoms with E-state index in [1.54, 1.807) is 27.7 Å². The van der Waals surface area contributed by atoms with Gasteiger partial charge in [-0.1, -0.05) is 19.1 Å². The van der Waals surface area contributed by atoms with Crippen LogP contribution in [0.5, 0.6) is 0 Å². The van der Waals surface area contributed by atoms with E-state index in [9.17, 15) is 22.8 Å². The third-order valence-corrected chi connectivity index (χ3v) is 3.47. The van der Waals surface area contributed by atoms with Crippen molar-refractivity contribution in [1.29, 1.82) is 0 Å². The minimum atomic E-state index is -4.46. The Kier molecular flexibility index (Phi) is 4.28. The Morgan fingerprint density at radius 3 is 2.09 bits per heavy atom. The molecule has 0 N–H and O–H groups in total. The fourth-order valence-corrected chi connectivity index (χ4v) is 2.32. The van der Waals surface area contributed by atoms with Crippen molar-refractivity contribution in [3.8, 4) is 0 Å². The molecule has 1 amide bonds. The summed E-state index contributed by atoms with van der Waals surface area (Å²) in [6, 6.07) is 3.13. The van der Waals surface area contributed by atoms with E-state index in [4.69, 9.17) is 4.84 Å². The number of hydroxylamine groups is 2. The number of hydrogen-bond acceptors (Lipinski definition) is 3. The molecule has 0 bridgehead atoms. The van der Waals surface area contributed by atoms with Gasteiger partial charge in [0, 0.05) is 5.56 Å². The van der Waals surface area contributed by atoms with E-state index < -0.39 is 35.1 Å². The van der Waals surface area contributed by atoms with E-state index in [0.29, 0.717) is 0 Å². The maximum absolute atomic E-state index is 12.6. The van der Waals surface area contributed by atoms with Crippen LogP contribution in [0.25, 0.3) is 0 Å². The highest BCUT2D eigenvalue weighted by Gasteiger charge is 2.51. The number of alkyl halides is 3. The lowest BCUT2D eigenvalue weighted by Crippen LogP contribution is -2.64. The lowest BCUT2D eigenvalue weighted by molar-refractivity contribution is -0.269. The van der Waals surface area contributed by atoms with Crippen molar-refractivity contribution in [1.82, 2.24) is 5.06 Å². The minimum absolute atomic E-state index is 0.116. The van der Waals surface area contributed by atoms with Gasteiger partial charge < -0.3 is 0 Å².